The van der Waals surface area contributed by atoms with Crippen LogP contribution in [0.4, 0.5) is 0 Å². The van der Waals surface area contributed by atoms with E-state index in [1.54, 1.807) is 24.3 Å². The predicted molar refractivity (Wildman–Crippen MR) is 90.9 cm³/mol. The van der Waals surface area contributed by atoms with E-state index in [9.17, 15) is 4.79 Å². The summed E-state index contributed by atoms with van der Waals surface area (Å²) in [5.41, 5.74) is 3.80. The highest BCUT2D eigenvalue weighted by Gasteiger charge is 2.13. The molecule has 1 fully saturated rings. The van der Waals surface area contributed by atoms with Crippen LogP contribution in [-0.2, 0) is 11.2 Å². The summed E-state index contributed by atoms with van der Waals surface area (Å²) in [7, 11) is 0. The molecule has 1 atom stereocenters. The Labute approximate surface area is 140 Å². The number of carbonyl (C=O) groups excluding carboxylic acids is 1. The van der Waals surface area contributed by atoms with Crippen molar-refractivity contribution in [1.82, 2.24) is 10.7 Å². The van der Waals surface area contributed by atoms with Gasteiger partial charge in [0.2, 0.25) is 0 Å². The molecule has 0 aliphatic carbocycles. The number of nitrogens with one attached hydrogen (secondary N) is 2. The molecule has 1 heterocycles. The smallest absolute Gasteiger partial charge is 0.265 e. The minimum absolute atomic E-state index is 0.228. The van der Waals surface area contributed by atoms with Crippen molar-refractivity contribution in [2.24, 2.45) is 5.84 Å². The monoisotopic (exact) mass is 327 g/mol. The van der Waals surface area contributed by atoms with Gasteiger partial charge >= 0.3 is 0 Å². The Morgan fingerprint density at radius 2 is 1.83 bits per heavy atom. The van der Waals surface area contributed by atoms with Crippen molar-refractivity contribution < 1.29 is 14.3 Å². The van der Waals surface area contributed by atoms with E-state index in [4.69, 9.17) is 15.3 Å². The van der Waals surface area contributed by atoms with Gasteiger partial charge in [-0.15, -0.1) is 0 Å². The molecule has 6 nitrogen and oxygen atoms in total. The molecule has 24 heavy (non-hydrogen) atoms. The van der Waals surface area contributed by atoms with E-state index in [0.29, 0.717) is 11.3 Å². The molecule has 126 valence electrons. The first kappa shape index (κ1) is 16.4. The number of carbonyl (C=O) groups is 1. The molecule has 1 saturated heterocycles. The van der Waals surface area contributed by atoms with Crippen molar-refractivity contribution in [3.63, 3.8) is 0 Å². The van der Waals surface area contributed by atoms with Crippen LogP contribution in [0.5, 0.6) is 11.5 Å². The molecule has 0 saturated carbocycles. The topological polar surface area (TPSA) is 85.6 Å². The Hall–Kier alpha value is -2.41. The van der Waals surface area contributed by atoms with Crippen molar-refractivity contribution in [2.45, 2.75) is 12.5 Å². The maximum absolute atomic E-state index is 11.4. The molecule has 3 rings (SSSR count). The highest BCUT2D eigenvalue weighted by Crippen LogP contribution is 2.22. The van der Waals surface area contributed by atoms with E-state index in [0.717, 1.165) is 31.9 Å². The summed E-state index contributed by atoms with van der Waals surface area (Å²) in [6.45, 7) is 2.58. The van der Waals surface area contributed by atoms with E-state index < -0.39 is 0 Å². The Morgan fingerprint density at radius 3 is 2.42 bits per heavy atom. The maximum Gasteiger partial charge on any atom is 0.265 e. The summed E-state index contributed by atoms with van der Waals surface area (Å²) in [5.74, 6) is 6.19. The Kier molecular flexibility index (Phi) is 5.43. The Bertz CT molecular complexity index is 665. The van der Waals surface area contributed by atoms with E-state index in [1.807, 2.05) is 24.3 Å². The molecule has 0 radical (unpaired) electrons. The second kappa shape index (κ2) is 7.92. The Balaban J connectivity index is 1.58. The van der Waals surface area contributed by atoms with Gasteiger partial charge in [-0.2, -0.15) is 0 Å². The third kappa shape index (κ3) is 4.32. The fraction of sp³-hybridized carbons (Fsp3) is 0.278. The second-order valence-electron chi connectivity index (χ2n) is 5.64. The number of benzene rings is 2. The molecule has 0 aromatic heterocycles. The number of nitrogens with two attached hydrogens (primary N) is 1. The summed E-state index contributed by atoms with van der Waals surface area (Å²) < 4.78 is 11.5. The van der Waals surface area contributed by atoms with Gasteiger partial charge in [-0.25, -0.2) is 5.84 Å². The standard InChI is InChI=1S/C18H21N3O3/c19-21-18(22)14-3-7-16(8-4-14)24-15-5-1-13(2-6-15)11-17-12-20-9-10-23-17/h1-8,17,20H,9-12,19H2,(H,21,22). The van der Waals surface area contributed by atoms with Crippen molar-refractivity contribution in [3.05, 3.63) is 59.7 Å². The molecule has 1 aliphatic rings. The number of hydrogen-bond donors (Lipinski definition) is 3. The number of morpholine rings is 1. The summed E-state index contributed by atoms with van der Waals surface area (Å²) in [5, 5.41) is 3.33. The van der Waals surface area contributed by atoms with Gasteiger partial charge in [-0.3, -0.25) is 10.2 Å². The third-order valence-electron chi connectivity index (χ3n) is 3.87. The lowest BCUT2D eigenvalue weighted by Crippen LogP contribution is -2.39. The minimum Gasteiger partial charge on any atom is -0.457 e. The van der Waals surface area contributed by atoms with E-state index >= 15 is 0 Å². The zero-order valence-electron chi connectivity index (χ0n) is 13.3. The van der Waals surface area contributed by atoms with Gasteiger partial charge in [-0.1, -0.05) is 12.1 Å². The van der Waals surface area contributed by atoms with E-state index in [1.165, 1.54) is 5.56 Å². The molecule has 1 unspecified atom stereocenters. The van der Waals surface area contributed by atoms with Crippen molar-refractivity contribution >= 4 is 5.91 Å². The van der Waals surface area contributed by atoms with Crippen LogP contribution in [0.1, 0.15) is 15.9 Å². The van der Waals surface area contributed by atoms with Gasteiger partial charge in [0.25, 0.3) is 5.91 Å². The molecule has 1 aliphatic heterocycles. The average molecular weight is 327 g/mol. The number of hydrazine groups is 1. The van der Waals surface area contributed by atoms with Crippen molar-refractivity contribution in [1.29, 1.82) is 0 Å². The van der Waals surface area contributed by atoms with Gasteiger partial charge in [0.1, 0.15) is 11.5 Å². The minimum atomic E-state index is -0.328. The maximum atomic E-state index is 11.4. The number of rotatable bonds is 5. The first-order valence-corrected chi connectivity index (χ1v) is 7.95. The molecular weight excluding hydrogens is 306 g/mol. The van der Waals surface area contributed by atoms with Crippen LogP contribution in [0.25, 0.3) is 0 Å². The van der Waals surface area contributed by atoms with Crippen LogP contribution in [0.2, 0.25) is 0 Å². The fourth-order valence-electron chi connectivity index (χ4n) is 2.60. The van der Waals surface area contributed by atoms with Crippen LogP contribution in [0.15, 0.2) is 48.5 Å². The van der Waals surface area contributed by atoms with Crippen LogP contribution < -0.4 is 21.3 Å². The van der Waals surface area contributed by atoms with Crippen molar-refractivity contribution in [2.75, 3.05) is 19.7 Å². The van der Waals surface area contributed by atoms with Crippen LogP contribution in [-0.4, -0.2) is 31.7 Å². The van der Waals surface area contributed by atoms with Gasteiger partial charge in [-0.05, 0) is 48.4 Å². The average Bonchev–Trinajstić information content (AvgIpc) is 2.64. The summed E-state index contributed by atoms with van der Waals surface area (Å²) >= 11 is 0. The lowest BCUT2D eigenvalue weighted by atomic mass is 10.1. The number of amides is 1. The van der Waals surface area contributed by atoms with Gasteiger partial charge < -0.3 is 14.8 Å². The summed E-state index contributed by atoms with van der Waals surface area (Å²) in [6, 6.07) is 14.8. The molecule has 2 aromatic rings. The van der Waals surface area contributed by atoms with Gasteiger partial charge in [0.05, 0.1) is 12.7 Å². The number of hydrogen-bond acceptors (Lipinski definition) is 5. The van der Waals surface area contributed by atoms with Crippen LogP contribution in [0, 0.1) is 0 Å². The molecule has 2 aromatic carbocycles. The quantitative estimate of drug-likeness (QED) is 0.441. The third-order valence-corrected chi connectivity index (χ3v) is 3.87. The molecule has 6 heteroatoms. The lowest BCUT2D eigenvalue weighted by molar-refractivity contribution is 0.0292. The SMILES string of the molecule is NNC(=O)c1ccc(Oc2ccc(CC3CNCCO3)cc2)cc1. The zero-order valence-corrected chi connectivity index (χ0v) is 13.3. The molecule has 0 bridgehead atoms. The van der Waals surface area contributed by atoms with Crippen LogP contribution >= 0.6 is 0 Å². The number of nitrogen functional groups attached to an aromatic ring is 1. The summed E-state index contributed by atoms with van der Waals surface area (Å²) in [6.07, 6.45) is 1.11. The molecular formula is C18H21N3O3. The largest absolute Gasteiger partial charge is 0.457 e. The second-order valence-corrected chi connectivity index (χ2v) is 5.64. The first-order valence-electron chi connectivity index (χ1n) is 7.95. The normalized spacial score (nSPS) is 17.3. The highest BCUT2D eigenvalue weighted by atomic mass is 16.5. The van der Waals surface area contributed by atoms with Crippen LogP contribution in [0.3, 0.4) is 0 Å². The van der Waals surface area contributed by atoms with Gasteiger partial charge in [0.15, 0.2) is 0 Å². The predicted octanol–water partition coefficient (Wildman–Crippen LogP) is 1.61. The molecule has 0 spiro atoms. The number of ether oxygens (including phenoxy) is 2. The Morgan fingerprint density at radius 1 is 1.17 bits per heavy atom. The van der Waals surface area contributed by atoms with E-state index in [-0.39, 0.29) is 12.0 Å². The van der Waals surface area contributed by atoms with Crippen molar-refractivity contribution in [3.8, 4) is 11.5 Å². The zero-order chi connectivity index (χ0) is 16.8. The lowest BCUT2D eigenvalue weighted by Gasteiger charge is -2.23. The fourth-order valence-corrected chi connectivity index (χ4v) is 2.60. The molecule has 1 amide bonds. The van der Waals surface area contributed by atoms with Gasteiger partial charge in [0, 0.05) is 18.7 Å². The summed E-state index contributed by atoms with van der Waals surface area (Å²) in [4.78, 5) is 11.4. The molecule has 4 N–H and O–H groups in total. The first-order chi connectivity index (χ1) is 11.7. The highest BCUT2D eigenvalue weighted by molar-refractivity contribution is 5.93. The van der Waals surface area contributed by atoms with E-state index in [2.05, 4.69) is 10.7 Å².